The van der Waals surface area contributed by atoms with Crippen molar-refractivity contribution < 1.29 is 53.1 Å². The van der Waals surface area contributed by atoms with E-state index in [2.05, 4.69) is 10.6 Å². The molecule has 2 aliphatic carbocycles. The van der Waals surface area contributed by atoms with Gasteiger partial charge in [-0.15, -0.1) is 0 Å². The van der Waals surface area contributed by atoms with E-state index in [1.807, 2.05) is 0 Å². The molecule has 0 spiro atoms. The van der Waals surface area contributed by atoms with Crippen LogP contribution in [-0.2, 0) is 36.3 Å². The second-order valence-electron chi connectivity index (χ2n) is 10.9. The summed E-state index contributed by atoms with van der Waals surface area (Å²) in [6.45, 7) is 0.0794. The average molecular weight is 625 g/mol. The second kappa shape index (κ2) is 9.91. The molecule has 1 saturated carbocycles. The van der Waals surface area contributed by atoms with Crippen molar-refractivity contribution >= 4 is 21.7 Å². The lowest BCUT2D eigenvalue weighted by atomic mass is 9.74. The number of nitrogens with one attached hydrogen (secondary N) is 2. The van der Waals surface area contributed by atoms with Crippen molar-refractivity contribution in [3.63, 3.8) is 0 Å². The highest BCUT2D eigenvalue weighted by atomic mass is 32.2. The normalized spacial score (nSPS) is 26.4. The molecule has 15 heteroatoms. The van der Waals surface area contributed by atoms with Crippen LogP contribution in [0.1, 0.15) is 42.4 Å². The lowest BCUT2D eigenvalue weighted by molar-refractivity contribution is -0.348. The zero-order valence-corrected chi connectivity index (χ0v) is 22.4. The molecular weight excluding hydrogens is 600 g/mol. The summed E-state index contributed by atoms with van der Waals surface area (Å²) in [5.74, 6) is -3.18. The van der Waals surface area contributed by atoms with Crippen molar-refractivity contribution in [1.82, 2.24) is 10.6 Å². The van der Waals surface area contributed by atoms with Crippen molar-refractivity contribution in [3.8, 4) is 0 Å². The number of halogens is 8. The Hall–Kier alpha value is -3.23. The largest absolute Gasteiger partial charge is 0.435 e. The molecule has 2 amide bonds. The Labute approximate surface area is 234 Å². The SMILES string of the molecule is O=C1C[C@H](C(=O)N[C@@H]2CC[C@@]3(S(=O)(=O)c4ccc(F)cc4)c4ccc(C(F)(C(F)(F)F)C(F)(F)F)cc4CC[C@@H]23)CN1. The van der Waals surface area contributed by atoms with Gasteiger partial charge >= 0.3 is 18.0 Å². The van der Waals surface area contributed by atoms with Crippen LogP contribution in [0.2, 0.25) is 0 Å². The molecule has 2 aromatic rings. The van der Waals surface area contributed by atoms with Crippen LogP contribution in [0, 0.1) is 17.7 Å². The fourth-order valence-electron chi connectivity index (χ4n) is 6.64. The van der Waals surface area contributed by atoms with E-state index in [1.54, 1.807) is 0 Å². The Balaban J connectivity index is 1.63. The number of rotatable bonds is 5. The molecule has 0 unspecified atom stereocenters. The summed E-state index contributed by atoms with van der Waals surface area (Å²) < 4.78 is 136. The molecule has 0 bridgehead atoms. The fraction of sp³-hybridized carbons (Fsp3) is 0.481. The first kappa shape index (κ1) is 30.2. The van der Waals surface area contributed by atoms with Crippen LogP contribution in [0.15, 0.2) is 47.4 Å². The van der Waals surface area contributed by atoms with Crippen LogP contribution in [0.5, 0.6) is 0 Å². The smallest absolute Gasteiger partial charge is 0.355 e. The van der Waals surface area contributed by atoms with Crippen molar-refractivity contribution in [2.45, 2.75) is 65.8 Å². The first-order chi connectivity index (χ1) is 19.4. The van der Waals surface area contributed by atoms with E-state index in [1.165, 1.54) is 0 Å². The first-order valence-corrected chi connectivity index (χ1v) is 14.5. The molecule has 1 aliphatic heterocycles. The van der Waals surface area contributed by atoms with Gasteiger partial charge in [0.1, 0.15) is 10.6 Å². The lowest BCUT2D eigenvalue weighted by Gasteiger charge is -2.43. The summed E-state index contributed by atoms with van der Waals surface area (Å²) >= 11 is 0. The molecule has 228 valence electrons. The number of carbonyl (C=O) groups is 2. The number of hydrogen-bond acceptors (Lipinski definition) is 4. The van der Waals surface area contributed by atoms with Gasteiger partial charge in [-0.25, -0.2) is 17.2 Å². The number of sulfone groups is 1. The van der Waals surface area contributed by atoms with E-state index in [9.17, 15) is 53.1 Å². The van der Waals surface area contributed by atoms with Gasteiger partial charge in [0.15, 0.2) is 9.84 Å². The van der Waals surface area contributed by atoms with E-state index in [0.29, 0.717) is 12.1 Å². The van der Waals surface area contributed by atoms with Gasteiger partial charge in [0, 0.05) is 30.5 Å². The third kappa shape index (κ3) is 4.45. The Morgan fingerprint density at radius 3 is 2.17 bits per heavy atom. The molecule has 2 N–H and O–H groups in total. The minimum atomic E-state index is -6.35. The Kier molecular flexibility index (Phi) is 7.14. The minimum absolute atomic E-state index is 0.0722. The molecule has 1 saturated heterocycles. The second-order valence-corrected chi connectivity index (χ2v) is 13.1. The van der Waals surface area contributed by atoms with Gasteiger partial charge in [-0.1, -0.05) is 18.2 Å². The highest BCUT2D eigenvalue weighted by Gasteiger charge is 2.73. The van der Waals surface area contributed by atoms with Crippen LogP contribution < -0.4 is 10.6 Å². The predicted molar refractivity (Wildman–Crippen MR) is 131 cm³/mol. The van der Waals surface area contributed by atoms with Gasteiger partial charge < -0.3 is 10.6 Å². The molecule has 0 aromatic heterocycles. The molecule has 4 atom stereocenters. The Morgan fingerprint density at radius 2 is 1.60 bits per heavy atom. The average Bonchev–Trinajstić information content (AvgIpc) is 3.51. The number of fused-ring (bicyclic) bond motifs is 3. The van der Waals surface area contributed by atoms with Gasteiger partial charge in [-0.3, -0.25) is 9.59 Å². The molecule has 42 heavy (non-hydrogen) atoms. The van der Waals surface area contributed by atoms with Crippen LogP contribution in [0.4, 0.5) is 35.1 Å². The minimum Gasteiger partial charge on any atom is -0.355 e. The Bertz CT molecular complexity index is 1510. The number of carbonyl (C=O) groups excluding carboxylic acids is 2. The highest BCUT2D eigenvalue weighted by molar-refractivity contribution is 7.92. The zero-order valence-electron chi connectivity index (χ0n) is 21.6. The predicted octanol–water partition coefficient (Wildman–Crippen LogP) is 4.76. The zero-order chi connectivity index (χ0) is 30.9. The maximum Gasteiger partial charge on any atom is 0.435 e. The molecule has 2 aromatic carbocycles. The van der Waals surface area contributed by atoms with Gasteiger partial charge in [0.05, 0.1) is 10.8 Å². The molecular formula is C27H24F8N2O4S. The van der Waals surface area contributed by atoms with Crippen LogP contribution in [0.3, 0.4) is 0 Å². The van der Waals surface area contributed by atoms with E-state index in [-0.39, 0.29) is 60.6 Å². The summed E-state index contributed by atoms with van der Waals surface area (Å²) in [5, 5.41) is 5.32. The molecule has 3 aliphatic rings. The standard InChI is InChI=1S/C27H24F8N2O4S/c28-17-3-5-18(6-4-17)42(40,41)24-10-9-21(37-23(39)15-12-22(38)36-13-15)20(24)7-1-14-11-16(2-8-19(14)24)25(29,26(30,31)32)27(33,34)35/h2-6,8,11,15,20-21H,1,7,9-10,12-13H2,(H,36,38)(H,37,39)/t15-,20-,21+,24+/m0/s1. The monoisotopic (exact) mass is 624 g/mol. The molecule has 1 heterocycles. The molecule has 0 radical (unpaired) electrons. The van der Waals surface area contributed by atoms with E-state index >= 15 is 0 Å². The summed E-state index contributed by atoms with van der Waals surface area (Å²) in [6.07, 6.45) is -13.2. The van der Waals surface area contributed by atoms with Crippen LogP contribution >= 0.6 is 0 Å². The van der Waals surface area contributed by atoms with E-state index in [4.69, 9.17) is 0 Å². The third-order valence-corrected chi connectivity index (χ3v) is 11.2. The van der Waals surface area contributed by atoms with Crippen LogP contribution in [-0.4, -0.2) is 45.2 Å². The quantitative estimate of drug-likeness (QED) is 0.371. The van der Waals surface area contributed by atoms with Gasteiger partial charge in [-0.2, -0.15) is 26.3 Å². The van der Waals surface area contributed by atoms with Crippen molar-refractivity contribution in [2.24, 2.45) is 11.8 Å². The molecule has 5 rings (SSSR count). The molecule has 6 nitrogen and oxygen atoms in total. The summed E-state index contributed by atoms with van der Waals surface area (Å²) in [4.78, 5) is 24.2. The number of amides is 2. The number of aryl methyl sites for hydroxylation is 1. The van der Waals surface area contributed by atoms with Crippen molar-refractivity contribution in [1.29, 1.82) is 0 Å². The Morgan fingerprint density at radius 1 is 0.952 bits per heavy atom. The van der Waals surface area contributed by atoms with Gasteiger partial charge in [0.2, 0.25) is 11.8 Å². The summed E-state index contributed by atoms with van der Waals surface area (Å²) in [6, 6.07) is 4.51. The topological polar surface area (TPSA) is 92.3 Å². The van der Waals surface area contributed by atoms with Crippen LogP contribution in [0.25, 0.3) is 0 Å². The lowest BCUT2D eigenvalue weighted by Crippen LogP contribution is -2.51. The van der Waals surface area contributed by atoms with E-state index in [0.717, 1.165) is 30.3 Å². The maximum atomic E-state index is 14.9. The summed E-state index contributed by atoms with van der Waals surface area (Å²) in [7, 11) is -4.51. The van der Waals surface area contributed by atoms with Gasteiger partial charge in [-0.05, 0) is 61.1 Å². The number of alkyl halides is 7. The fourth-order valence-corrected chi connectivity index (χ4v) is 9.11. The number of hydrogen-bond donors (Lipinski definition) is 2. The van der Waals surface area contributed by atoms with Crippen molar-refractivity contribution in [3.05, 3.63) is 65.0 Å². The van der Waals surface area contributed by atoms with Crippen molar-refractivity contribution in [2.75, 3.05) is 6.54 Å². The third-order valence-electron chi connectivity index (χ3n) is 8.66. The highest BCUT2D eigenvalue weighted by Crippen LogP contribution is 2.59. The number of benzene rings is 2. The van der Waals surface area contributed by atoms with Gasteiger partial charge in [0.25, 0.3) is 0 Å². The van der Waals surface area contributed by atoms with E-state index < -0.39 is 67.8 Å². The summed E-state index contributed by atoms with van der Waals surface area (Å²) in [5.41, 5.74) is -7.74. The first-order valence-electron chi connectivity index (χ1n) is 13.0. The molecule has 2 fully saturated rings. The maximum absolute atomic E-state index is 14.9.